The quantitative estimate of drug-likeness (QED) is 0.872. The van der Waals surface area contributed by atoms with Crippen molar-refractivity contribution in [2.45, 2.75) is 32.2 Å². The van der Waals surface area contributed by atoms with E-state index in [0.29, 0.717) is 0 Å². The number of hydrogen-bond donors (Lipinski definition) is 1. The van der Waals surface area contributed by atoms with Crippen LogP contribution in [0.25, 0.3) is 0 Å². The highest BCUT2D eigenvalue weighted by atomic mass is 16.4. The molecule has 2 heterocycles. The largest absolute Gasteiger partial charge is 0.480 e. The molecule has 1 fully saturated rings. The van der Waals surface area contributed by atoms with Crippen molar-refractivity contribution in [3.05, 3.63) is 18.0 Å². The van der Waals surface area contributed by atoms with E-state index in [0.717, 1.165) is 38.0 Å². The van der Waals surface area contributed by atoms with E-state index in [4.69, 9.17) is 0 Å². The Labute approximate surface area is 107 Å². The van der Waals surface area contributed by atoms with Crippen LogP contribution in [0.5, 0.6) is 0 Å². The van der Waals surface area contributed by atoms with Crippen molar-refractivity contribution in [3.8, 4) is 0 Å². The molecule has 1 aliphatic heterocycles. The lowest BCUT2D eigenvalue weighted by molar-refractivity contribution is -0.146. The van der Waals surface area contributed by atoms with E-state index in [-0.39, 0.29) is 12.0 Å². The summed E-state index contributed by atoms with van der Waals surface area (Å²) >= 11 is 0. The third-order valence-corrected chi connectivity index (χ3v) is 3.87. The van der Waals surface area contributed by atoms with Gasteiger partial charge in [0.25, 0.3) is 0 Å². The Hall–Kier alpha value is -1.36. The molecule has 2 atom stereocenters. The van der Waals surface area contributed by atoms with Crippen LogP contribution in [-0.2, 0) is 18.3 Å². The lowest BCUT2D eigenvalue weighted by Gasteiger charge is -2.37. The first-order chi connectivity index (χ1) is 8.59. The predicted octanol–water partition coefficient (Wildman–Crippen LogP) is 1.15. The number of carbonyl (C=O) groups is 1. The summed E-state index contributed by atoms with van der Waals surface area (Å²) in [4.78, 5) is 13.4. The van der Waals surface area contributed by atoms with Gasteiger partial charge in [-0.25, -0.2) is 0 Å². The van der Waals surface area contributed by atoms with Crippen LogP contribution in [0.4, 0.5) is 0 Å². The molecule has 18 heavy (non-hydrogen) atoms. The van der Waals surface area contributed by atoms with Gasteiger partial charge in [-0.05, 0) is 31.4 Å². The van der Waals surface area contributed by atoms with E-state index in [9.17, 15) is 9.90 Å². The van der Waals surface area contributed by atoms with E-state index in [1.807, 2.05) is 24.7 Å². The van der Waals surface area contributed by atoms with Crippen LogP contribution in [0, 0.1) is 5.92 Å². The van der Waals surface area contributed by atoms with E-state index in [1.165, 1.54) is 0 Å². The van der Waals surface area contributed by atoms with Gasteiger partial charge >= 0.3 is 5.97 Å². The first-order valence-corrected chi connectivity index (χ1v) is 6.53. The average Bonchev–Trinajstić information content (AvgIpc) is 2.71. The number of rotatable bonds is 4. The first kappa shape index (κ1) is 13.1. The normalized spacial score (nSPS) is 25.2. The van der Waals surface area contributed by atoms with Crippen molar-refractivity contribution < 1.29 is 9.90 Å². The Morgan fingerprint density at radius 3 is 3.00 bits per heavy atom. The molecule has 100 valence electrons. The van der Waals surface area contributed by atoms with E-state index >= 15 is 0 Å². The zero-order valence-electron chi connectivity index (χ0n) is 11.0. The van der Waals surface area contributed by atoms with Gasteiger partial charge in [-0.2, -0.15) is 5.10 Å². The lowest BCUT2D eigenvalue weighted by Crippen LogP contribution is -2.49. The summed E-state index contributed by atoms with van der Waals surface area (Å²) in [6.07, 6.45) is 4.74. The maximum absolute atomic E-state index is 11.3. The van der Waals surface area contributed by atoms with Gasteiger partial charge in [0.15, 0.2) is 0 Å². The van der Waals surface area contributed by atoms with Crippen molar-refractivity contribution >= 4 is 5.97 Å². The van der Waals surface area contributed by atoms with E-state index in [2.05, 4.69) is 10.00 Å². The molecule has 2 unspecified atom stereocenters. The van der Waals surface area contributed by atoms with E-state index < -0.39 is 5.97 Å². The minimum absolute atomic E-state index is 0.239. The van der Waals surface area contributed by atoms with E-state index in [1.54, 1.807) is 6.20 Å². The number of piperidine rings is 1. The van der Waals surface area contributed by atoms with Crippen molar-refractivity contribution in [3.63, 3.8) is 0 Å². The Kier molecular flexibility index (Phi) is 4.01. The molecular weight excluding hydrogens is 230 g/mol. The topological polar surface area (TPSA) is 58.4 Å². The molecule has 0 saturated carbocycles. The van der Waals surface area contributed by atoms with Gasteiger partial charge in [0, 0.05) is 31.9 Å². The molecule has 5 heteroatoms. The van der Waals surface area contributed by atoms with Crippen molar-refractivity contribution in [1.82, 2.24) is 14.7 Å². The number of aromatic nitrogens is 2. The van der Waals surface area contributed by atoms with Gasteiger partial charge in [0.05, 0.1) is 0 Å². The van der Waals surface area contributed by atoms with Gasteiger partial charge in [-0.1, -0.05) is 6.92 Å². The van der Waals surface area contributed by atoms with Crippen molar-refractivity contribution in [1.29, 1.82) is 0 Å². The summed E-state index contributed by atoms with van der Waals surface area (Å²) in [6, 6.07) is 1.66. The molecule has 1 aliphatic rings. The number of likely N-dealkylation sites (tertiary alicyclic amines) is 1. The number of aryl methyl sites for hydroxylation is 1. The maximum Gasteiger partial charge on any atom is 0.321 e. The molecule has 0 amide bonds. The molecule has 2 rings (SSSR count). The highest BCUT2D eigenvalue weighted by molar-refractivity contribution is 5.74. The van der Waals surface area contributed by atoms with Crippen LogP contribution < -0.4 is 0 Å². The molecule has 0 radical (unpaired) electrons. The SMILES string of the molecule is CC1CCCN(CCc2ccnn2C)C1C(=O)O. The number of carboxylic acid groups (broad SMARTS) is 1. The lowest BCUT2D eigenvalue weighted by atomic mass is 9.90. The average molecular weight is 251 g/mol. The summed E-state index contributed by atoms with van der Waals surface area (Å²) in [5, 5.41) is 13.5. The van der Waals surface area contributed by atoms with Crippen LogP contribution in [-0.4, -0.2) is 44.9 Å². The Bertz CT molecular complexity index is 416. The predicted molar refractivity (Wildman–Crippen MR) is 68.3 cm³/mol. The molecular formula is C13H21N3O2. The second-order valence-electron chi connectivity index (χ2n) is 5.13. The Balaban J connectivity index is 1.98. The van der Waals surface area contributed by atoms with Crippen LogP contribution in [0.1, 0.15) is 25.5 Å². The summed E-state index contributed by atoms with van der Waals surface area (Å²) in [7, 11) is 1.92. The Morgan fingerprint density at radius 2 is 2.39 bits per heavy atom. The molecule has 5 nitrogen and oxygen atoms in total. The molecule has 0 aliphatic carbocycles. The summed E-state index contributed by atoms with van der Waals surface area (Å²) < 4.78 is 1.85. The molecule has 1 aromatic rings. The first-order valence-electron chi connectivity index (χ1n) is 6.53. The summed E-state index contributed by atoms with van der Waals surface area (Å²) in [6.45, 7) is 3.72. The summed E-state index contributed by atoms with van der Waals surface area (Å²) in [5.41, 5.74) is 1.15. The van der Waals surface area contributed by atoms with Crippen LogP contribution in [0.3, 0.4) is 0 Å². The van der Waals surface area contributed by atoms with Crippen LogP contribution in [0.2, 0.25) is 0 Å². The fourth-order valence-corrected chi connectivity index (χ4v) is 2.83. The minimum atomic E-state index is -0.688. The molecule has 1 aromatic heterocycles. The van der Waals surface area contributed by atoms with Crippen molar-refractivity contribution in [2.24, 2.45) is 13.0 Å². The molecule has 0 bridgehead atoms. The second kappa shape index (κ2) is 5.52. The highest BCUT2D eigenvalue weighted by Crippen LogP contribution is 2.23. The number of nitrogens with zero attached hydrogens (tertiary/aromatic N) is 3. The monoisotopic (exact) mass is 251 g/mol. The minimum Gasteiger partial charge on any atom is -0.480 e. The third-order valence-electron chi connectivity index (χ3n) is 3.87. The zero-order valence-corrected chi connectivity index (χ0v) is 11.0. The molecule has 0 spiro atoms. The smallest absolute Gasteiger partial charge is 0.321 e. The van der Waals surface area contributed by atoms with Gasteiger partial charge in [0.1, 0.15) is 6.04 Å². The standard InChI is InChI=1S/C13H21N3O2/c1-10-4-3-8-16(12(10)13(17)18)9-6-11-5-7-14-15(11)2/h5,7,10,12H,3-4,6,8-9H2,1-2H3,(H,17,18). The maximum atomic E-state index is 11.3. The second-order valence-corrected chi connectivity index (χ2v) is 5.13. The third kappa shape index (κ3) is 2.72. The van der Waals surface area contributed by atoms with Gasteiger partial charge in [-0.15, -0.1) is 0 Å². The van der Waals surface area contributed by atoms with Gasteiger partial charge in [-0.3, -0.25) is 14.4 Å². The fourth-order valence-electron chi connectivity index (χ4n) is 2.83. The number of aliphatic carboxylic acids is 1. The van der Waals surface area contributed by atoms with Crippen LogP contribution in [0.15, 0.2) is 12.3 Å². The molecule has 0 aromatic carbocycles. The Morgan fingerprint density at radius 1 is 1.61 bits per heavy atom. The fraction of sp³-hybridized carbons (Fsp3) is 0.692. The number of hydrogen-bond acceptors (Lipinski definition) is 3. The highest BCUT2D eigenvalue weighted by Gasteiger charge is 2.33. The molecule has 1 saturated heterocycles. The van der Waals surface area contributed by atoms with Crippen LogP contribution >= 0.6 is 0 Å². The number of carboxylic acids is 1. The molecule has 1 N–H and O–H groups in total. The summed E-state index contributed by atoms with van der Waals surface area (Å²) in [5.74, 6) is -0.449. The van der Waals surface area contributed by atoms with Crippen molar-refractivity contribution in [2.75, 3.05) is 13.1 Å². The zero-order chi connectivity index (χ0) is 13.1. The van der Waals surface area contributed by atoms with Gasteiger partial charge in [0.2, 0.25) is 0 Å². The van der Waals surface area contributed by atoms with Gasteiger partial charge < -0.3 is 5.11 Å².